The molecule has 114 valence electrons. The Labute approximate surface area is 126 Å². The molecule has 1 N–H and O–H groups in total. The van der Waals surface area contributed by atoms with Crippen molar-refractivity contribution in [3.8, 4) is 0 Å². The van der Waals surface area contributed by atoms with Crippen molar-refractivity contribution < 1.29 is 4.74 Å². The van der Waals surface area contributed by atoms with E-state index in [1.165, 1.54) is 24.4 Å². The van der Waals surface area contributed by atoms with Gasteiger partial charge in [0.15, 0.2) is 5.17 Å². The Morgan fingerprint density at radius 2 is 2.20 bits per heavy atom. The summed E-state index contributed by atoms with van der Waals surface area (Å²) in [6.45, 7) is 8.47. The highest BCUT2D eigenvalue weighted by molar-refractivity contribution is 8.14. The van der Waals surface area contributed by atoms with Crippen molar-refractivity contribution in [2.24, 2.45) is 10.9 Å². The van der Waals surface area contributed by atoms with Gasteiger partial charge in [0.25, 0.3) is 0 Å². The second-order valence-corrected chi connectivity index (χ2v) is 7.46. The average molecular weight is 297 g/mol. The molecule has 0 spiro atoms. The van der Waals surface area contributed by atoms with Crippen LogP contribution in [0.4, 0.5) is 0 Å². The second kappa shape index (κ2) is 7.14. The molecular weight excluding hydrogens is 270 g/mol. The van der Waals surface area contributed by atoms with Gasteiger partial charge in [-0.2, -0.15) is 0 Å². The third kappa shape index (κ3) is 3.68. The summed E-state index contributed by atoms with van der Waals surface area (Å²) in [7, 11) is 0. The highest BCUT2D eigenvalue weighted by atomic mass is 32.2. The normalized spacial score (nSPS) is 36.9. The van der Waals surface area contributed by atoms with Gasteiger partial charge < -0.3 is 10.1 Å². The topological polar surface area (TPSA) is 36.9 Å². The van der Waals surface area contributed by atoms with Gasteiger partial charge in [-0.15, -0.1) is 0 Å². The van der Waals surface area contributed by atoms with Crippen LogP contribution in [-0.2, 0) is 4.74 Å². The number of ether oxygens (including phenoxy) is 1. The van der Waals surface area contributed by atoms with Crippen molar-refractivity contribution >= 4 is 16.9 Å². The number of morpholine rings is 1. The first-order valence-corrected chi connectivity index (χ1v) is 8.98. The maximum atomic E-state index is 5.37. The van der Waals surface area contributed by atoms with Crippen LogP contribution >= 0.6 is 11.8 Å². The van der Waals surface area contributed by atoms with E-state index in [9.17, 15) is 0 Å². The van der Waals surface area contributed by atoms with E-state index in [0.717, 1.165) is 57.0 Å². The van der Waals surface area contributed by atoms with E-state index in [4.69, 9.17) is 9.73 Å². The molecule has 0 aromatic heterocycles. The largest absolute Gasteiger partial charge is 0.379 e. The van der Waals surface area contributed by atoms with Crippen LogP contribution in [0, 0.1) is 5.92 Å². The van der Waals surface area contributed by atoms with E-state index in [0.29, 0.717) is 6.04 Å². The lowest BCUT2D eigenvalue weighted by Gasteiger charge is -2.29. The smallest absolute Gasteiger partial charge is 0.157 e. The van der Waals surface area contributed by atoms with Crippen molar-refractivity contribution in [2.75, 3.05) is 39.4 Å². The summed E-state index contributed by atoms with van der Waals surface area (Å²) in [5.74, 6) is 0.808. The molecule has 3 rings (SSSR count). The quantitative estimate of drug-likeness (QED) is 0.805. The Morgan fingerprint density at radius 3 is 3.00 bits per heavy atom. The lowest BCUT2D eigenvalue weighted by Crippen LogP contribution is -2.40. The van der Waals surface area contributed by atoms with Gasteiger partial charge in [0, 0.05) is 37.5 Å². The molecule has 3 unspecified atom stereocenters. The molecule has 2 aliphatic heterocycles. The average Bonchev–Trinajstić information content (AvgIpc) is 2.89. The molecule has 3 atom stereocenters. The number of hydrogen-bond donors (Lipinski definition) is 1. The van der Waals surface area contributed by atoms with Crippen molar-refractivity contribution in [1.82, 2.24) is 10.2 Å². The van der Waals surface area contributed by atoms with Gasteiger partial charge in [0.1, 0.15) is 0 Å². The first-order chi connectivity index (χ1) is 9.83. The lowest BCUT2D eigenvalue weighted by molar-refractivity contribution is 0.0377. The number of thioether (sulfide) groups is 1. The Hall–Kier alpha value is -0.260. The van der Waals surface area contributed by atoms with E-state index in [2.05, 4.69) is 17.1 Å². The predicted octanol–water partition coefficient (Wildman–Crippen LogP) is 1.96. The molecule has 0 bridgehead atoms. The van der Waals surface area contributed by atoms with Crippen molar-refractivity contribution in [3.63, 3.8) is 0 Å². The number of hydrogen-bond acceptors (Lipinski definition) is 4. The lowest BCUT2D eigenvalue weighted by atomic mass is 9.86. The van der Waals surface area contributed by atoms with Crippen LogP contribution in [0.5, 0.6) is 0 Å². The zero-order valence-electron chi connectivity index (χ0n) is 12.5. The summed E-state index contributed by atoms with van der Waals surface area (Å²) in [5.41, 5.74) is 0. The van der Waals surface area contributed by atoms with Crippen molar-refractivity contribution in [2.45, 2.75) is 43.9 Å². The predicted molar refractivity (Wildman–Crippen MR) is 85.5 cm³/mol. The van der Waals surface area contributed by atoms with E-state index < -0.39 is 0 Å². The Morgan fingerprint density at radius 1 is 1.35 bits per heavy atom. The highest BCUT2D eigenvalue weighted by Gasteiger charge is 2.37. The van der Waals surface area contributed by atoms with Crippen LogP contribution in [0.3, 0.4) is 0 Å². The molecule has 1 aliphatic carbocycles. The van der Waals surface area contributed by atoms with Crippen LogP contribution < -0.4 is 5.32 Å². The maximum absolute atomic E-state index is 5.37. The first kappa shape index (κ1) is 14.7. The summed E-state index contributed by atoms with van der Waals surface area (Å²) in [6, 6.07) is 0.673. The summed E-state index contributed by atoms with van der Waals surface area (Å²) in [5, 5.41) is 5.64. The van der Waals surface area contributed by atoms with Gasteiger partial charge in [-0.1, -0.05) is 25.1 Å². The van der Waals surface area contributed by atoms with Gasteiger partial charge in [-0.05, 0) is 25.2 Å². The number of aliphatic imine (C=N–C) groups is 1. The molecule has 20 heavy (non-hydrogen) atoms. The van der Waals surface area contributed by atoms with Gasteiger partial charge in [0.2, 0.25) is 0 Å². The van der Waals surface area contributed by atoms with Gasteiger partial charge in [-0.25, -0.2) is 0 Å². The minimum Gasteiger partial charge on any atom is -0.379 e. The molecular formula is C15H27N3OS. The fraction of sp³-hybridized carbons (Fsp3) is 0.933. The van der Waals surface area contributed by atoms with E-state index in [1.807, 2.05) is 11.8 Å². The van der Waals surface area contributed by atoms with Gasteiger partial charge in [0.05, 0.1) is 13.2 Å². The monoisotopic (exact) mass is 297 g/mol. The zero-order valence-corrected chi connectivity index (χ0v) is 13.3. The summed E-state index contributed by atoms with van der Waals surface area (Å²) in [6.07, 6.45) is 5.29. The summed E-state index contributed by atoms with van der Waals surface area (Å²) in [4.78, 5) is 7.26. The number of nitrogens with one attached hydrogen (secondary N) is 1. The third-order valence-electron chi connectivity index (χ3n) is 4.71. The van der Waals surface area contributed by atoms with E-state index in [-0.39, 0.29) is 0 Å². The molecule has 5 heteroatoms. The molecule has 0 radical (unpaired) electrons. The van der Waals surface area contributed by atoms with Crippen molar-refractivity contribution in [1.29, 1.82) is 0 Å². The standard InChI is InChI=1S/C15H27N3OS/c1-12-4-2-5-13-14(12)17-15(20-13)16-6-3-7-18-8-10-19-11-9-18/h12-14H,2-11H2,1H3,(H,16,17). The Kier molecular flexibility index (Phi) is 5.24. The van der Waals surface area contributed by atoms with Crippen LogP contribution in [0.1, 0.15) is 32.6 Å². The zero-order chi connectivity index (χ0) is 13.8. The maximum Gasteiger partial charge on any atom is 0.157 e. The summed E-state index contributed by atoms with van der Waals surface area (Å²) >= 11 is 1.99. The van der Waals surface area contributed by atoms with Crippen molar-refractivity contribution in [3.05, 3.63) is 0 Å². The third-order valence-corrected chi connectivity index (χ3v) is 6.01. The fourth-order valence-corrected chi connectivity index (χ4v) is 4.86. The van der Waals surface area contributed by atoms with E-state index >= 15 is 0 Å². The van der Waals surface area contributed by atoms with Gasteiger partial charge in [-0.3, -0.25) is 9.89 Å². The minimum absolute atomic E-state index is 0.673. The SMILES string of the molecule is CC1CCCC2SC(=NCCCN3CCOCC3)NC12. The molecule has 3 aliphatic rings. The Bertz CT molecular complexity index is 344. The molecule has 0 amide bonds. The second-order valence-electron chi connectivity index (χ2n) is 6.23. The highest BCUT2D eigenvalue weighted by Crippen LogP contribution is 2.37. The molecule has 0 aromatic rings. The molecule has 1 saturated carbocycles. The number of fused-ring (bicyclic) bond motifs is 1. The molecule has 4 nitrogen and oxygen atoms in total. The van der Waals surface area contributed by atoms with Crippen LogP contribution in [0.15, 0.2) is 4.99 Å². The molecule has 0 aromatic carbocycles. The fourth-order valence-electron chi connectivity index (χ4n) is 3.44. The van der Waals surface area contributed by atoms with E-state index in [1.54, 1.807) is 0 Å². The first-order valence-electron chi connectivity index (χ1n) is 8.10. The molecule has 2 heterocycles. The van der Waals surface area contributed by atoms with Crippen LogP contribution in [0.2, 0.25) is 0 Å². The summed E-state index contributed by atoms with van der Waals surface area (Å²) < 4.78 is 5.37. The minimum atomic E-state index is 0.673. The Balaban J connectivity index is 1.39. The number of nitrogens with zero attached hydrogens (tertiary/aromatic N) is 2. The number of rotatable bonds is 4. The molecule has 3 fully saturated rings. The van der Waals surface area contributed by atoms with Gasteiger partial charge >= 0.3 is 0 Å². The van der Waals surface area contributed by atoms with Crippen LogP contribution in [0.25, 0.3) is 0 Å². The number of amidine groups is 1. The molecule has 2 saturated heterocycles. The van der Waals surface area contributed by atoms with Crippen LogP contribution in [-0.4, -0.2) is 60.8 Å².